The van der Waals surface area contributed by atoms with Crippen molar-refractivity contribution in [3.8, 4) is 0 Å². The quantitative estimate of drug-likeness (QED) is 0.810. The first-order valence-corrected chi connectivity index (χ1v) is 6.91. The molecule has 0 bridgehead atoms. The van der Waals surface area contributed by atoms with E-state index in [4.69, 9.17) is 0 Å². The second-order valence-corrected chi connectivity index (χ2v) is 5.70. The number of nitrogens with zero attached hydrogens (tertiary/aromatic N) is 1. The molecule has 0 saturated heterocycles. The van der Waals surface area contributed by atoms with Gasteiger partial charge in [0.05, 0.1) is 0 Å². The molecule has 0 aliphatic carbocycles. The molecule has 0 fully saturated rings. The van der Waals surface area contributed by atoms with Crippen LogP contribution < -0.4 is 0 Å². The molecule has 2 aromatic rings. The fourth-order valence-electron chi connectivity index (χ4n) is 2.08. The Morgan fingerprint density at radius 1 is 0.944 bits per heavy atom. The molecule has 0 aromatic heterocycles. The van der Waals surface area contributed by atoms with E-state index in [0.29, 0.717) is 0 Å². The molecule has 0 atom stereocenters. The Balaban J connectivity index is 1.96. The van der Waals surface area contributed by atoms with E-state index in [2.05, 4.69) is 83.3 Å². The van der Waals surface area contributed by atoms with Gasteiger partial charge in [0, 0.05) is 17.6 Å². The third-order valence-electron chi connectivity index (χ3n) is 2.90. The molecule has 0 amide bonds. The standard InChI is InChI=1S/C16H18BrN/c1-13-4-3-5-15(10-13)12-18(2)11-14-6-8-16(17)9-7-14/h3-10H,11-12H2,1-2H3. The molecule has 0 unspecified atom stereocenters. The molecule has 1 nitrogen and oxygen atoms in total. The summed E-state index contributed by atoms with van der Waals surface area (Å²) in [5.74, 6) is 0. The summed E-state index contributed by atoms with van der Waals surface area (Å²) in [4.78, 5) is 2.33. The van der Waals surface area contributed by atoms with E-state index in [1.165, 1.54) is 16.7 Å². The molecule has 0 N–H and O–H groups in total. The van der Waals surface area contributed by atoms with Gasteiger partial charge in [0.25, 0.3) is 0 Å². The van der Waals surface area contributed by atoms with Crippen molar-refractivity contribution < 1.29 is 0 Å². The summed E-state index contributed by atoms with van der Waals surface area (Å²) in [6.07, 6.45) is 0. The van der Waals surface area contributed by atoms with Gasteiger partial charge < -0.3 is 0 Å². The number of aryl methyl sites for hydroxylation is 1. The summed E-state index contributed by atoms with van der Waals surface area (Å²) >= 11 is 3.46. The minimum Gasteiger partial charge on any atom is -0.298 e. The van der Waals surface area contributed by atoms with Crippen molar-refractivity contribution in [3.05, 3.63) is 69.7 Å². The average molecular weight is 304 g/mol. The van der Waals surface area contributed by atoms with Crippen LogP contribution in [-0.4, -0.2) is 11.9 Å². The third kappa shape index (κ3) is 3.97. The normalized spacial score (nSPS) is 10.9. The third-order valence-corrected chi connectivity index (χ3v) is 3.43. The first-order valence-electron chi connectivity index (χ1n) is 6.12. The number of benzene rings is 2. The predicted molar refractivity (Wildman–Crippen MR) is 80.5 cm³/mol. The zero-order valence-electron chi connectivity index (χ0n) is 10.9. The molecule has 94 valence electrons. The van der Waals surface area contributed by atoms with Gasteiger partial charge in [0.1, 0.15) is 0 Å². The van der Waals surface area contributed by atoms with Crippen molar-refractivity contribution in [2.75, 3.05) is 7.05 Å². The molecule has 2 heteroatoms. The van der Waals surface area contributed by atoms with E-state index in [0.717, 1.165) is 17.6 Å². The van der Waals surface area contributed by atoms with Crippen molar-refractivity contribution in [3.63, 3.8) is 0 Å². The molecule has 2 rings (SSSR count). The van der Waals surface area contributed by atoms with E-state index in [1.54, 1.807) is 0 Å². The highest BCUT2D eigenvalue weighted by Gasteiger charge is 2.02. The van der Waals surface area contributed by atoms with Gasteiger partial charge in [0.15, 0.2) is 0 Å². The van der Waals surface area contributed by atoms with Crippen molar-refractivity contribution in [1.29, 1.82) is 0 Å². The maximum absolute atomic E-state index is 3.46. The lowest BCUT2D eigenvalue weighted by Gasteiger charge is -2.17. The molecule has 0 saturated carbocycles. The summed E-state index contributed by atoms with van der Waals surface area (Å²) in [6, 6.07) is 17.2. The molecule has 0 aliphatic rings. The Bertz CT molecular complexity index is 505. The molecule has 0 radical (unpaired) electrons. The van der Waals surface area contributed by atoms with Crippen LogP contribution in [0, 0.1) is 6.92 Å². The summed E-state index contributed by atoms with van der Waals surface area (Å²) in [7, 11) is 2.16. The van der Waals surface area contributed by atoms with Gasteiger partial charge in [-0.3, -0.25) is 4.90 Å². The largest absolute Gasteiger partial charge is 0.298 e. The predicted octanol–water partition coefficient (Wildman–Crippen LogP) is 4.39. The number of rotatable bonds is 4. The Labute approximate surface area is 118 Å². The van der Waals surface area contributed by atoms with Crippen LogP contribution in [0.5, 0.6) is 0 Å². The Morgan fingerprint density at radius 2 is 1.61 bits per heavy atom. The summed E-state index contributed by atoms with van der Waals surface area (Å²) < 4.78 is 1.13. The van der Waals surface area contributed by atoms with Crippen LogP contribution in [0.1, 0.15) is 16.7 Å². The van der Waals surface area contributed by atoms with Crippen molar-refractivity contribution in [2.45, 2.75) is 20.0 Å². The van der Waals surface area contributed by atoms with Gasteiger partial charge in [-0.25, -0.2) is 0 Å². The smallest absolute Gasteiger partial charge is 0.0234 e. The number of hydrogen-bond acceptors (Lipinski definition) is 1. The van der Waals surface area contributed by atoms with Gasteiger partial charge in [-0.05, 0) is 37.2 Å². The Morgan fingerprint density at radius 3 is 2.28 bits per heavy atom. The lowest BCUT2D eigenvalue weighted by atomic mass is 10.1. The molecule has 18 heavy (non-hydrogen) atoms. The fraction of sp³-hybridized carbons (Fsp3) is 0.250. The topological polar surface area (TPSA) is 3.24 Å². The second-order valence-electron chi connectivity index (χ2n) is 4.79. The molecular formula is C16H18BrN. The van der Waals surface area contributed by atoms with Crippen molar-refractivity contribution >= 4 is 15.9 Å². The lowest BCUT2D eigenvalue weighted by Crippen LogP contribution is -2.17. The van der Waals surface area contributed by atoms with Gasteiger partial charge >= 0.3 is 0 Å². The van der Waals surface area contributed by atoms with E-state index in [-0.39, 0.29) is 0 Å². The van der Waals surface area contributed by atoms with Gasteiger partial charge in [-0.1, -0.05) is 57.9 Å². The maximum atomic E-state index is 3.46. The maximum Gasteiger partial charge on any atom is 0.0234 e. The van der Waals surface area contributed by atoms with Gasteiger partial charge in [0.2, 0.25) is 0 Å². The molecule has 2 aromatic carbocycles. The Hall–Kier alpha value is -1.12. The van der Waals surface area contributed by atoms with E-state index >= 15 is 0 Å². The zero-order valence-corrected chi connectivity index (χ0v) is 12.4. The summed E-state index contributed by atoms with van der Waals surface area (Å²) in [5, 5.41) is 0. The highest BCUT2D eigenvalue weighted by Crippen LogP contribution is 2.13. The highest BCUT2D eigenvalue weighted by molar-refractivity contribution is 9.10. The van der Waals surface area contributed by atoms with Crippen LogP contribution in [0.25, 0.3) is 0 Å². The van der Waals surface area contributed by atoms with E-state index in [1.807, 2.05) is 0 Å². The van der Waals surface area contributed by atoms with Crippen LogP contribution in [-0.2, 0) is 13.1 Å². The number of halogens is 1. The van der Waals surface area contributed by atoms with Crippen LogP contribution in [0.4, 0.5) is 0 Å². The molecule has 0 aliphatic heterocycles. The Kier molecular flexibility index (Phi) is 4.56. The van der Waals surface area contributed by atoms with Crippen LogP contribution in [0.2, 0.25) is 0 Å². The number of hydrogen-bond donors (Lipinski definition) is 0. The van der Waals surface area contributed by atoms with E-state index < -0.39 is 0 Å². The first-order chi connectivity index (χ1) is 8.63. The van der Waals surface area contributed by atoms with E-state index in [9.17, 15) is 0 Å². The minimum atomic E-state index is 0.973. The highest BCUT2D eigenvalue weighted by atomic mass is 79.9. The van der Waals surface area contributed by atoms with Gasteiger partial charge in [-0.2, -0.15) is 0 Å². The summed E-state index contributed by atoms with van der Waals surface area (Å²) in [5.41, 5.74) is 4.03. The zero-order chi connectivity index (χ0) is 13.0. The van der Waals surface area contributed by atoms with Crippen LogP contribution in [0.15, 0.2) is 53.0 Å². The van der Waals surface area contributed by atoms with Crippen molar-refractivity contribution in [2.24, 2.45) is 0 Å². The van der Waals surface area contributed by atoms with Crippen molar-refractivity contribution in [1.82, 2.24) is 4.90 Å². The van der Waals surface area contributed by atoms with Gasteiger partial charge in [-0.15, -0.1) is 0 Å². The molecule has 0 spiro atoms. The lowest BCUT2D eigenvalue weighted by molar-refractivity contribution is 0.319. The summed E-state index contributed by atoms with van der Waals surface area (Å²) in [6.45, 7) is 4.09. The first kappa shape index (κ1) is 13.3. The average Bonchev–Trinajstić information content (AvgIpc) is 2.32. The monoisotopic (exact) mass is 303 g/mol. The SMILES string of the molecule is Cc1cccc(CN(C)Cc2ccc(Br)cc2)c1. The minimum absolute atomic E-state index is 0.973. The van der Waals surface area contributed by atoms with Crippen LogP contribution in [0.3, 0.4) is 0 Å². The second kappa shape index (κ2) is 6.17. The van der Waals surface area contributed by atoms with Crippen LogP contribution >= 0.6 is 15.9 Å². The molecular weight excluding hydrogens is 286 g/mol. The molecule has 0 heterocycles. The fourth-order valence-corrected chi connectivity index (χ4v) is 2.34.